The standard InChI is InChI=1S/C43H32N2O/c1-3-12-32-35-25-28(19-22-40(35)44(38(32)4-2)30-13-6-5-7-14-30)29-20-23-41-36(26-29)33-15-8-10-17-39(33)45(41)31-21-24-43-37(27-31)34-16-9-11-18-42(34)46-43/h3-4,6,8-27H,2,5,7H2,1H3/b12-3-. The van der Waals surface area contributed by atoms with E-state index in [1.807, 2.05) is 18.2 Å². The lowest BCUT2D eigenvalue weighted by atomic mass is 10.00. The van der Waals surface area contributed by atoms with Crippen molar-refractivity contribution in [1.82, 2.24) is 9.13 Å². The molecule has 0 atom stereocenters. The second-order valence-corrected chi connectivity index (χ2v) is 12.0. The van der Waals surface area contributed by atoms with Crippen LogP contribution in [-0.2, 0) is 0 Å². The Hall–Kier alpha value is -5.80. The molecular formula is C43H32N2O. The Balaban J connectivity index is 1.24. The van der Waals surface area contributed by atoms with Crippen molar-refractivity contribution >= 4 is 72.5 Å². The fraction of sp³-hybridized carbons (Fsp3) is 0.0698. The Labute approximate surface area is 267 Å². The maximum absolute atomic E-state index is 6.14. The van der Waals surface area contributed by atoms with Gasteiger partial charge in [0, 0.05) is 43.9 Å². The van der Waals surface area contributed by atoms with E-state index in [-0.39, 0.29) is 0 Å². The summed E-state index contributed by atoms with van der Waals surface area (Å²) in [6.45, 7) is 6.29. The summed E-state index contributed by atoms with van der Waals surface area (Å²) in [5, 5.41) is 5.98. The summed E-state index contributed by atoms with van der Waals surface area (Å²) in [5.41, 5.74) is 12.5. The Morgan fingerprint density at radius 1 is 0.652 bits per heavy atom. The smallest absolute Gasteiger partial charge is 0.135 e. The average molecular weight is 593 g/mol. The minimum Gasteiger partial charge on any atom is -0.456 e. The molecule has 3 aromatic heterocycles. The first-order valence-corrected chi connectivity index (χ1v) is 16.0. The number of nitrogens with zero attached hydrogens (tertiary/aromatic N) is 2. The molecule has 0 bridgehead atoms. The molecule has 0 unspecified atom stereocenters. The lowest BCUT2D eigenvalue weighted by Crippen LogP contribution is -1.99. The Morgan fingerprint density at radius 2 is 1.37 bits per heavy atom. The van der Waals surface area contributed by atoms with E-state index in [9.17, 15) is 0 Å². The van der Waals surface area contributed by atoms with Gasteiger partial charge in [-0.15, -0.1) is 0 Å². The summed E-state index contributed by atoms with van der Waals surface area (Å²) in [5.74, 6) is 0. The predicted molar refractivity (Wildman–Crippen MR) is 196 cm³/mol. The van der Waals surface area contributed by atoms with Crippen LogP contribution in [0.25, 0.3) is 89.3 Å². The van der Waals surface area contributed by atoms with E-state index >= 15 is 0 Å². The van der Waals surface area contributed by atoms with Crippen molar-refractivity contribution in [2.75, 3.05) is 0 Å². The van der Waals surface area contributed by atoms with Gasteiger partial charge in [-0.1, -0.05) is 79.4 Å². The van der Waals surface area contributed by atoms with Crippen molar-refractivity contribution < 1.29 is 4.42 Å². The molecule has 1 aliphatic carbocycles. The predicted octanol–water partition coefficient (Wildman–Crippen LogP) is 12.2. The molecule has 5 aromatic carbocycles. The first-order valence-electron chi connectivity index (χ1n) is 16.0. The van der Waals surface area contributed by atoms with Crippen LogP contribution in [-0.4, -0.2) is 9.13 Å². The van der Waals surface area contributed by atoms with Crippen molar-refractivity contribution in [3.05, 3.63) is 145 Å². The molecule has 220 valence electrons. The van der Waals surface area contributed by atoms with Gasteiger partial charge in [0.25, 0.3) is 0 Å². The molecule has 9 rings (SSSR count). The van der Waals surface area contributed by atoms with Crippen molar-refractivity contribution in [3.8, 4) is 16.8 Å². The maximum Gasteiger partial charge on any atom is 0.135 e. The van der Waals surface area contributed by atoms with Crippen LogP contribution in [0.5, 0.6) is 0 Å². The minimum atomic E-state index is 0.907. The molecule has 46 heavy (non-hydrogen) atoms. The highest BCUT2D eigenvalue weighted by Gasteiger charge is 2.18. The Morgan fingerprint density at radius 3 is 2.15 bits per heavy atom. The normalized spacial score (nSPS) is 13.6. The van der Waals surface area contributed by atoms with Crippen molar-refractivity contribution in [2.45, 2.75) is 19.8 Å². The quantitative estimate of drug-likeness (QED) is 0.195. The maximum atomic E-state index is 6.14. The summed E-state index contributed by atoms with van der Waals surface area (Å²) < 4.78 is 10.9. The second kappa shape index (κ2) is 10.4. The monoisotopic (exact) mass is 592 g/mol. The van der Waals surface area contributed by atoms with Gasteiger partial charge in [0.2, 0.25) is 0 Å². The van der Waals surface area contributed by atoms with E-state index in [4.69, 9.17) is 4.42 Å². The van der Waals surface area contributed by atoms with Gasteiger partial charge in [0.05, 0.1) is 22.2 Å². The summed E-state index contributed by atoms with van der Waals surface area (Å²) >= 11 is 0. The molecule has 0 saturated heterocycles. The fourth-order valence-corrected chi connectivity index (χ4v) is 7.38. The first-order chi connectivity index (χ1) is 22.7. The van der Waals surface area contributed by atoms with Gasteiger partial charge in [0.1, 0.15) is 11.2 Å². The molecule has 3 heterocycles. The number of furan rings is 1. The zero-order valence-corrected chi connectivity index (χ0v) is 25.7. The minimum absolute atomic E-state index is 0.907. The van der Waals surface area contributed by atoms with E-state index in [2.05, 4.69) is 144 Å². The van der Waals surface area contributed by atoms with Crippen molar-refractivity contribution in [3.63, 3.8) is 0 Å². The molecule has 0 radical (unpaired) electrons. The molecule has 1 aliphatic rings. The number of allylic oxidation sites excluding steroid dienone is 5. The van der Waals surface area contributed by atoms with Gasteiger partial charge in [-0.2, -0.15) is 0 Å². The summed E-state index contributed by atoms with van der Waals surface area (Å²) in [6.07, 6.45) is 15.3. The van der Waals surface area contributed by atoms with Gasteiger partial charge in [0.15, 0.2) is 0 Å². The molecule has 0 saturated carbocycles. The highest BCUT2D eigenvalue weighted by atomic mass is 16.3. The van der Waals surface area contributed by atoms with Gasteiger partial charge in [-0.3, -0.25) is 0 Å². The topological polar surface area (TPSA) is 23.0 Å². The largest absolute Gasteiger partial charge is 0.456 e. The number of aromatic nitrogens is 2. The molecule has 0 N–H and O–H groups in total. The molecule has 0 spiro atoms. The highest BCUT2D eigenvalue weighted by Crippen LogP contribution is 2.39. The van der Waals surface area contributed by atoms with Crippen LogP contribution in [0.4, 0.5) is 0 Å². The Kier molecular flexibility index (Phi) is 6.01. The lowest BCUT2D eigenvalue weighted by Gasteiger charge is -2.13. The summed E-state index contributed by atoms with van der Waals surface area (Å²) in [6, 6.07) is 37.3. The van der Waals surface area contributed by atoms with Crippen LogP contribution in [0.3, 0.4) is 0 Å². The third-order valence-corrected chi connectivity index (χ3v) is 9.43. The number of para-hydroxylation sites is 2. The SMILES string of the molecule is C=Cc1c(/C=C\C)c2cc(-c3ccc4c(c3)c3ccccc3n4-c3ccc4oc5ccccc5c4c3)ccc2n1C1=CCCC=C1. The van der Waals surface area contributed by atoms with Crippen LogP contribution in [0.2, 0.25) is 0 Å². The molecule has 0 amide bonds. The third kappa shape index (κ3) is 3.92. The van der Waals surface area contributed by atoms with Crippen LogP contribution in [0, 0.1) is 0 Å². The fourth-order valence-electron chi connectivity index (χ4n) is 7.38. The number of fused-ring (bicyclic) bond motifs is 7. The zero-order valence-electron chi connectivity index (χ0n) is 25.7. The number of benzene rings is 5. The van der Waals surface area contributed by atoms with Crippen LogP contribution in [0.15, 0.2) is 138 Å². The van der Waals surface area contributed by atoms with Crippen molar-refractivity contribution in [1.29, 1.82) is 0 Å². The Bertz CT molecular complexity index is 2610. The second-order valence-electron chi connectivity index (χ2n) is 12.0. The van der Waals surface area contributed by atoms with E-state index in [1.165, 1.54) is 55.1 Å². The lowest BCUT2D eigenvalue weighted by molar-refractivity contribution is 0.669. The van der Waals surface area contributed by atoms with E-state index < -0.39 is 0 Å². The highest BCUT2D eigenvalue weighted by molar-refractivity contribution is 6.12. The first kappa shape index (κ1) is 26.6. The number of hydrogen-bond donors (Lipinski definition) is 0. The van der Waals surface area contributed by atoms with Gasteiger partial charge in [-0.25, -0.2) is 0 Å². The van der Waals surface area contributed by atoms with Gasteiger partial charge >= 0.3 is 0 Å². The van der Waals surface area contributed by atoms with Crippen LogP contribution < -0.4 is 0 Å². The molecule has 0 fully saturated rings. The zero-order chi connectivity index (χ0) is 30.8. The van der Waals surface area contributed by atoms with Gasteiger partial charge in [-0.05, 0) is 97.6 Å². The number of rotatable bonds is 5. The van der Waals surface area contributed by atoms with E-state index in [0.29, 0.717) is 0 Å². The molecule has 0 aliphatic heterocycles. The summed E-state index contributed by atoms with van der Waals surface area (Å²) in [7, 11) is 0. The molecule has 3 heteroatoms. The van der Waals surface area contributed by atoms with Gasteiger partial charge < -0.3 is 13.6 Å². The van der Waals surface area contributed by atoms with E-state index in [0.717, 1.165) is 46.2 Å². The number of hydrogen-bond acceptors (Lipinski definition) is 1. The molecule has 8 aromatic rings. The molecule has 3 nitrogen and oxygen atoms in total. The summed E-state index contributed by atoms with van der Waals surface area (Å²) in [4.78, 5) is 0. The van der Waals surface area contributed by atoms with Crippen LogP contribution >= 0.6 is 0 Å². The molecular weight excluding hydrogens is 560 g/mol. The van der Waals surface area contributed by atoms with Crippen molar-refractivity contribution in [2.24, 2.45) is 0 Å². The van der Waals surface area contributed by atoms with E-state index in [1.54, 1.807) is 0 Å². The average Bonchev–Trinajstić information content (AvgIpc) is 3.75. The van der Waals surface area contributed by atoms with Crippen LogP contribution in [0.1, 0.15) is 31.0 Å². The third-order valence-electron chi connectivity index (χ3n) is 9.43.